The van der Waals surface area contributed by atoms with E-state index >= 15 is 0 Å². The molecule has 1 fully saturated rings. The Morgan fingerprint density at radius 3 is 2.60 bits per heavy atom. The van der Waals surface area contributed by atoms with Crippen LogP contribution in [0.15, 0.2) is 0 Å². The Hall–Kier alpha value is -0.0500. The van der Waals surface area contributed by atoms with E-state index in [0.29, 0.717) is 6.04 Å². The largest absolute Gasteiger partial charge is 0.352 e. The molecule has 3 heteroatoms. The van der Waals surface area contributed by atoms with Crippen molar-refractivity contribution in [2.45, 2.75) is 26.3 Å². The Bertz CT molecular complexity index is 156. The molecule has 1 aliphatic heterocycles. The summed E-state index contributed by atoms with van der Waals surface area (Å²) in [6.07, 6.45) is 0.942. The average molecular weight is 206 g/mol. The van der Waals surface area contributed by atoms with Gasteiger partial charge in [0.2, 0.25) is 5.91 Å². The lowest BCUT2D eigenvalue weighted by Gasteiger charge is -2.11. The fourth-order valence-corrected chi connectivity index (χ4v) is 1.62. The molecule has 1 saturated heterocycles. The maximum atomic E-state index is 11.1. The first-order valence-electron chi connectivity index (χ1n) is 3.43. The predicted octanol–water partition coefficient (Wildman–Crippen LogP) is 1.30. The molecule has 10 heavy (non-hydrogen) atoms. The Morgan fingerprint density at radius 2 is 2.40 bits per heavy atom. The van der Waals surface area contributed by atoms with Gasteiger partial charge in [-0.3, -0.25) is 4.79 Å². The third kappa shape index (κ3) is 1.34. The molecule has 2 nitrogen and oxygen atoms in total. The van der Waals surface area contributed by atoms with E-state index in [2.05, 4.69) is 21.2 Å². The number of hydrogen-bond donors (Lipinski definition) is 1. The summed E-state index contributed by atoms with van der Waals surface area (Å²) in [5, 5.41) is 3.77. The van der Waals surface area contributed by atoms with Crippen LogP contribution in [0.2, 0.25) is 0 Å². The summed E-state index contributed by atoms with van der Waals surface area (Å²) >= 11 is 3.34. The number of rotatable bonds is 1. The second-order valence-corrected chi connectivity index (χ2v) is 4.06. The van der Waals surface area contributed by atoms with Crippen LogP contribution in [0.1, 0.15) is 20.3 Å². The zero-order chi connectivity index (χ0) is 7.78. The second kappa shape index (κ2) is 2.53. The Kier molecular flexibility index (Phi) is 2.04. The van der Waals surface area contributed by atoms with Crippen LogP contribution in [0.3, 0.4) is 0 Å². The van der Waals surface area contributed by atoms with Crippen molar-refractivity contribution in [1.29, 1.82) is 0 Å². The highest BCUT2D eigenvalue weighted by atomic mass is 79.9. The van der Waals surface area contributed by atoms with Crippen LogP contribution >= 0.6 is 15.9 Å². The van der Waals surface area contributed by atoms with E-state index in [1.807, 2.05) is 13.8 Å². The van der Waals surface area contributed by atoms with Gasteiger partial charge < -0.3 is 5.32 Å². The minimum Gasteiger partial charge on any atom is -0.352 e. The number of alkyl halides is 1. The number of carbonyl (C=O) groups excluding carboxylic acids is 1. The first kappa shape index (κ1) is 8.05. The minimum absolute atomic E-state index is 0.154. The third-order valence-electron chi connectivity index (χ3n) is 1.89. The van der Waals surface area contributed by atoms with Crippen LogP contribution in [0.25, 0.3) is 0 Å². The van der Waals surface area contributed by atoms with Crippen LogP contribution < -0.4 is 5.32 Å². The highest BCUT2D eigenvalue weighted by Gasteiger charge is 2.37. The first-order chi connectivity index (χ1) is 4.56. The summed E-state index contributed by atoms with van der Waals surface area (Å²) in [6, 6.07) is 0.336. The molecular formula is C7H12BrNO. The predicted molar refractivity (Wildman–Crippen MR) is 44.1 cm³/mol. The summed E-state index contributed by atoms with van der Waals surface area (Å²) in [5.41, 5.74) is -0.154. The van der Waals surface area contributed by atoms with Crippen molar-refractivity contribution in [2.24, 2.45) is 5.41 Å². The van der Waals surface area contributed by atoms with Gasteiger partial charge in [-0.25, -0.2) is 0 Å². The summed E-state index contributed by atoms with van der Waals surface area (Å²) in [4.78, 5) is 11.1. The zero-order valence-corrected chi connectivity index (χ0v) is 7.86. The number of halogens is 1. The lowest BCUT2D eigenvalue weighted by molar-refractivity contribution is -0.126. The van der Waals surface area contributed by atoms with Gasteiger partial charge in [0.1, 0.15) is 0 Å². The van der Waals surface area contributed by atoms with Gasteiger partial charge >= 0.3 is 0 Å². The molecule has 1 unspecified atom stereocenters. The number of hydrogen-bond acceptors (Lipinski definition) is 1. The number of carbonyl (C=O) groups is 1. The van der Waals surface area contributed by atoms with Gasteiger partial charge in [0.05, 0.1) is 0 Å². The maximum Gasteiger partial charge on any atom is 0.225 e. The van der Waals surface area contributed by atoms with E-state index in [1.165, 1.54) is 0 Å². The third-order valence-corrected chi connectivity index (χ3v) is 2.67. The average Bonchev–Trinajstić information content (AvgIpc) is 2.08. The Morgan fingerprint density at radius 1 is 1.80 bits per heavy atom. The molecule has 0 bridgehead atoms. The number of amides is 1. The van der Waals surface area contributed by atoms with Crippen molar-refractivity contribution >= 4 is 21.8 Å². The molecule has 0 spiro atoms. The summed E-state index contributed by atoms with van der Waals surface area (Å²) in [7, 11) is 0. The minimum atomic E-state index is -0.154. The SMILES string of the molecule is CC1(C)CC(CBr)NC1=O. The first-order valence-corrected chi connectivity index (χ1v) is 4.55. The molecule has 0 aromatic rings. The summed E-state index contributed by atoms with van der Waals surface area (Å²) in [5.74, 6) is 0.178. The van der Waals surface area contributed by atoms with Gasteiger partial charge in [-0.2, -0.15) is 0 Å². The molecule has 1 amide bonds. The van der Waals surface area contributed by atoms with Gasteiger partial charge in [0, 0.05) is 16.8 Å². The van der Waals surface area contributed by atoms with E-state index in [-0.39, 0.29) is 11.3 Å². The van der Waals surface area contributed by atoms with Crippen LogP contribution in [0.4, 0.5) is 0 Å². The van der Waals surface area contributed by atoms with Crippen molar-refractivity contribution in [1.82, 2.24) is 5.32 Å². The van der Waals surface area contributed by atoms with Gasteiger partial charge in [0.15, 0.2) is 0 Å². The lowest BCUT2D eigenvalue weighted by atomic mass is 9.90. The molecule has 58 valence electrons. The van der Waals surface area contributed by atoms with Gasteiger partial charge in [0.25, 0.3) is 0 Å². The van der Waals surface area contributed by atoms with E-state index in [9.17, 15) is 4.79 Å². The fraction of sp³-hybridized carbons (Fsp3) is 0.857. The number of nitrogens with one attached hydrogen (secondary N) is 1. The Labute approximate surface area is 69.5 Å². The highest BCUT2D eigenvalue weighted by molar-refractivity contribution is 9.09. The van der Waals surface area contributed by atoms with Crippen molar-refractivity contribution < 1.29 is 4.79 Å². The smallest absolute Gasteiger partial charge is 0.225 e. The van der Waals surface area contributed by atoms with E-state index in [4.69, 9.17) is 0 Å². The fourth-order valence-electron chi connectivity index (χ4n) is 1.23. The normalized spacial score (nSPS) is 30.3. The molecule has 0 saturated carbocycles. The van der Waals surface area contributed by atoms with Gasteiger partial charge in [-0.05, 0) is 6.42 Å². The van der Waals surface area contributed by atoms with Crippen molar-refractivity contribution in [3.63, 3.8) is 0 Å². The van der Waals surface area contributed by atoms with Crippen LogP contribution in [-0.2, 0) is 4.79 Å². The van der Waals surface area contributed by atoms with Crippen LogP contribution in [-0.4, -0.2) is 17.3 Å². The van der Waals surface area contributed by atoms with Gasteiger partial charge in [-0.15, -0.1) is 0 Å². The highest BCUT2D eigenvalue weighted by Crippen LogP contribution is 2.28. The van der Waals surface area contributed by atoms with E-state index in [1.54, 1.807) is 0 Å². The summed E-state index contributed by atoms with van der Waals surface area (Å²) < 4.78 is 0. The molecule has 1 aliphatic rings. The van der Waals surface area contributed by atoms with E-state index < -0.39 is 0 Å². The van der Waals surface area contributed by atoms with E-state index in [0.717, 1.165) is 11.8 Å². The zero-order valence-electron chi connectivity index (χ0n) is 6.28. The lowest BCUT2D eigenvalue weighted by Crippen LogP contribution is -2.29. The molecule has 1 N–H and O–H groups in total. The molecule has 1 heterocycles. The second-order valence-electron chi connectivity index (χ2n) is 3.41. The van der Waals surface area contributed by atoms with Crippen LogP contribution in [0, 0.1) is 5.41 Å². The molecule has 0 aliphatic carbocycles. The van der Waals surface area contributed by atoms with Gasteiger partial charge in [-0.1, -0.05) is 29.8 Å². The monoisotopic (exact) mass is 205 g/mol. The quantitative estimate of drug-likeness (QED) is 0.643. The van der Waals surface area contributed by atoms with Crippen molar-refractivity contribution in [2.75, 3.05) is 5.33 Å². The van der Waals surface area contributed by atoms with Crippen molar-refractivity contribution in [3.8, 4) is 0 Å². The molecule has 0 aromatic heterocycles. The molecule has 0 aromatic carbocycles. The van der Waals surface area contributed by atoms with Crippen LogP contribution in [0.5, 0.6) is 0 Å². The standard InChI is InChI=1S/C7H12BrNO/c1-7(2)3-5(4-8)9-6(7)10/h5H,3-4H2,1-2H3,(H,9,10). The summed E-state index contributed by atoms with van der Waals surface area (Å²) in [6.45, 7) is 3.95. The van der Waals surface area contributed by atoms with Crippen molar-refractivity contribution in [3.05, 3.63) is 0 Å². The molecule has 1 atom stereocenters. The molecular weight excluding hydrogens is 194 g/mol. The molecule has 0 radical (unpaired) electrons. The Balaban J connectivity index is 2.62. The maximum absolute atomic E-state index is 11.1. The topological polar surface area (TPSA) is 29.1 Å². The molecule has 1 rings (SSSR count).